The van der Waals surface area contributed by atoms with E-state index in [1.165, 1.54) is 60.6 Å². The molecule has 1 nitrogen and oxygen atoms in total. The highest BCUT2D eigenvalue weighted by atomic mass is 32.1. The highest BCUT2D eigenvalue weighted by Crippen LogP contribution is 2.40. The number of thiophene rings is 6. The van der Waals surface area contributed by atoms with E-state index in [-0.39, 0.29) is 0 Å². The van der Waals surface area contributed by atoms with E-state index in [1.807, 2.05) is 34.0 Å². The number of anilines is 3. The predicted octanol–water partition coefficient (Wildman–Crippen LogP) is 17.0. The first-order valence-electron chi connectivity index (χ1n) is 17.8. The lowest BCUT2D eigenvalue weighted by Gasteiger charge is -2.26. The molecule has 0 radical (unpaired) electrons. The fraction of sp³-hybridized carbons (Fsp3) is 0. The fourth-order valence-electron chi connectivity index (χ4n) is 6.22. The fourth-order valence-corrected chi connectivity index (χ4v) is 10.8. The Kier molecular flexibility index (Phi) is 10.8. The van der Waals surface area contributed by atoms with E-state index < -0.39 is 0 Å². The summed E-state index contributed by atoms with van der Waals surface area (Å²) in [6.45, 7) is 0. The molecule has 0 spiro atoms. The van der Waals surface area contributed by atoms with E-state index in [1.54, 1.807) is 34.0 Å². The van der Waals surface area contributed by atoms with Crippen molar-refractivity contribution in [2.24, 2.45) is 0 Å². The first-order chi connectivity index (χ1) is 27.2. The third-order valence-corrected chi connectivity index (χ3v) is 14.8. The monoisotopic (exact) mass is 815 g/mol. The van der Waals surface area contributed by atoms with E-state index in [0.717, 1.165) is 17.1 Å². The van der Waals surface area contributed by atoms with Crippen LogP contribution in [0.3, 0.4) is 0 Å². The number of hydrogen-bond donors (Lipinski definition) is 0. The molecule has 0 fully saturated rings. The zero-order valence-electron chi connectivity index (χ0n) is 29.4. The molecule has 0 bridgehead atoms. The smallest absolute Gasteiger partial charge is 0.0462 e. The maximum atomic E-state index is 2.36. The molecule has 0 aliphatic carbocycles. The molecular weight excluding hydrogens is 783 g/mol. The van der Waals surface area contributed by atoms with Crippen molar-refractivity contribution in [3.05, 3.63) is 191 Å². The molecule has 0 aliphatic heterocycles. The van der Waals surface area contributed by atoms with Gasteiger partial charge in [-0.1, -0.05) is 54.6 Å². The number of benzene rings is 3. The SMILES string of the molecule is C(=C\c1ccc(-c2ccc(N(c3ccc(-c4ccc(/C=C/c5cccs5)s4)cc3)c3ccc(-c4ccc(/C=C/c5cccs5)s4)cc3)cc2)s1)/c1cccs1. The highest BCUT2D eigenvalue weighted by molar-refractivity contribution is 7.17. The van der Waals surface area contributed by atoms with Crippen LogP contribution >= 0.6 is 68.0 Å². The number of rotatable bonds is 12. The van der Waals surface area contributed by atoms with E-state index in [4.69, 9.17) is 0 Å². The van der Waals surface area contributed by atoms with Gasteiger partial charge in [0, 0.05) is 61.0 Å². The van der Waals surface area contributed by atoms with Crippen LogP contribution in [-0.4, -0.2) is 0 Å². The topological polar surface area (TPSA) is 3.24 Å². The Morgan fingerprint density at radius 1 is 0.291 bits per heavy atom. The number of nitrogens with zero attached hydrogens (tertiary/aromatic N) is 1. The summed E-state index contributed by atoms with van der Waals surface area (Å²) >= 11 is 10.7. The summed E-state index contributed by atoms with van der Waals surface area (Å²) in [6.07, 6.45) is 13.2. The van der Waals surface area contributed by atoms with Crippen LogP contribution in [0.1, 0.15) is 29.3 Å². The van der Waals surface area contributed by atoms with E-state index in [0.29, 0.717) is 0 Å². The Morgan fingerprint density at radius 2 is 0.582 bits per heavy atom. The normalized spacial score (nSPS) is 11.8. The Bertz CT molecular complexity index is 2360. The summed E-state index contributed by atoms with van der Waals surface area (Å²) in [6, 6.07) is 53.0. The van der Waals surface area contributed by atoms with Crippen molar-refractivity contribution in [3.63, 3.8) is 0 Å². The average molecular weight is 816 g/mol. The van der Waals surface area contributed by atoms with Gasteiger partial charge in [0.1, 0.15) is 0 Å². The summed E-state index contributed by atoms with van der Waals surface area (Å²) in [5.41, 5.74) is 7.02. The van der Waals surface area contributed by atoms with Crippen LogP contribution in [-0.2, 0) is 0 Å². The minimum Gasteiger partial charge on any atom is -0.311 e. The molecule has 0 saturated carbocycles. The molecular formula is C48H33NS6. The standard InChI is InChI=1S/C48H33NS6/c1-4-40(50-31-1)19-22-43-25-28-46(53-43)34-7-13-37(14-8-34)49(38-15-9-35(10-16-38)47-29-26-44(54-47)23-20-41-5-2-32-51-41)39-17-11-36(12-18-39)48-30-27-45(55-48)24-21-42-6-3-33-52-42/h1-33H/b22-19+,23-20+,24-21+. The summed E-state index contributed by atoms with van der Waals surface area (Å²) in [4.78, 5) is 13.7. The van der Waals surface area contributed by atoms with Crippen molar-refractivity contribution in [2.75, 3.05) is 4.90 Å². The zero-order chi connectivity index (χ0) is 36.8. The van der Waals surface area contributed by atoms with Crippen LogP contribution in [0.5, 0.6) is 0 Å². The lowest BCUT2D eigenvalue weighted by atomic mass is 10.1. The molecule has 7 heteroatoms. The molecule has 55 heavy (non-hydrogen) atoms. The second-order valence-electron chi connectivity index (χ2n) is 12.6. The second-order valence-corrected chi connectivity index (χ2v) is 18.9. The molecule has 0 saturated heterocycles. The first kappa shape index (κ1) is 35.6. The Morgan fingerprint density at radius 3 is 0.855 bits per heavy atom. The minimum atomic E-state index is 1.12. The molecule has 0 amide bonds. The van der Waals surface area contributed by atoms with Crippen molar-refractivity contribution >= 4 is 122 Å². The summed E-state index contributed by atoms with van der Waals surface area (Å²) in [7, 11) is 0. The third-order valence-electron chi connectivity index (χ3n) is 8.98. The zero-order valence-corrected chi connectivity index (χ0v) is 34.3. The number of hydrogen-bond acceptors (Lipinski definition) is 7. The van der Waals surface area contributed by atoms with Crippen LogP contribution < -0.4 is 4.90 Å². The Balaban J connectivity index is 0.989. The van der Waals surface area contributed by atoms with Gasteiger partial charge in [0.05, 0.1) is 0 Å². The molecule has 9 aromatic rings. The van der Waals surface area contributed by atoms with Gasteiger partial charge < -0.3 is 4.90 Å². The Labute approximate surface area is 346 Å². The summed E-state index contributed by atoms with van der Waals surface area (Å²) in [5.74, 6) is 0. The lowest BCUT2D eigenvalue weighted by molar-refractivity contribution is 1.28. The first-order valence-corrected chi connectivity index (χ1v) is 22.8. The van der Waals surface area contributed by atoms with Gasteiger partial charge in [0.2, 0.25) is 0 Å². The van der Waals surface area contributed by atoms with Crippen LogP contribution in [0.25, 0.3) is 67.8 Å². The summed E-state index contributed by atoms with van der Waals surface area (Å²) < 4.78 is 0. The van der Waals surface area contributed by atoms with Crippen molar-refractivity contribution < 1.29 is 0 Å². The lowest BCUT2D eigenvalue weighted by Crippen LogP contribution is -2.09. The van der Waals surface area contributed by atoms with Gasteiger partial charge in [-0.2, -0.15) is 0 Å². The van der Waals surface area contributed by atoms with Crippen molar-refractivity contribution in [1.29, 1.82) is 0 Å². The van der Waals surface area contributed by atoms with Crippen LogP contribution in [0.4, 0.5) is 17.1 Å². The Hall–Kier alpha value is -5.12. The largest absolute Gasteiger partial charge is 0.311 e. The van der Waals surface area contributed by atoms with Gasteiger partial charge in [-0.05, 0) is 160 Å². The van der Waals surface area contributed by atoms with Crippen molar-refractivity contribution in [1.82, 2.24) is 0 Å². The van der Waals surface area contributed by atoms with E-state index >= 15 is 0 Å². The molecule has 6 aromatic heterocycles. The maximum absolute atomic E-state index is 2.36. The van der Waals surface area contributed by atoms with Gasteiger partial charge in [0.25, 0.3) is 0 Å². The van der Waals surface area contributed by atoms with Gasteiger partial charge in [-0.25, -0.2) is 0 Å². The molecule has 0 aliphatic rings. The predicted molar refractivity (Wildman–Crippen MR) is 251 cm³/mol. The minimum absolute atomic E-state index is 1.12. The molecule has 3 aromatic carbocycles. The quantitative estimate of drug-likeness (QED) is 0.119. The van der Waals surface area contributed by atoms with Crippen LogP contribution in [0.15, 0.2) is 162 Å². The summed E-state index contributed by atoms with van der Waals surface area (Å²) in [5, 5.41) is 6.35. The van der Waals surface area contributed by atoms with Crippen LogP contribution in [0, 0.1) is 0 Å². The van der Waals surface area contributed by atoms with E-state index in [2.05, 4.69) is 203 Å². The van der Waals surface area contributed by atoms with Crippen LogP contribution in [0.2, 0.25) is 0 Å². The van der Waals surface area contributed by atoms with Crippen molar-refractivity contribution in [2.45, 2.75) is 0 Å². The molecule has 0 atom stereocenters. The van der Waals surface area contributed by atoms with Gasteiger partial charge in [-0.3, -0.25) is 0 Å². The highest BCUT2D eigenvalue weighted by Gasteiger charge is 2.15. The van der Waals surface area contributed by atoms with Gasteiger partial charge >= 0.3 is 0 Å². The second kappa shape index (κ2) is 16.7. The third kappa shape index (κ3) is 8.58. The molecule has 6 heterocycles. The van der Waals surface area contributed by atoms with E-state index in [9.17, 15) is 0 Å². The van der Waals surface area contributed by atoms with Crippen molar-refractivity contribution in [3.8, 4) is 31.3 Å². The molecule has 9 rings (SSSR count). The molecule has 266 valence electrons. The molecule has 0 unspecified atom stereocenters. The maximum Gasteiger partial charge on any atom is 0.0462 e. The van der Waals surface area contributed by atoms with Gasteiger partial charge in [-0.15, -0.1) is 68.0 Å². The molecule has 0 N–H and O–H groups in total. The van der Waals surface area contributed by atoms with Gasteiger partial charge in [0.15, 0.2) is 0 Å². The average Bonchev–Trinajstić information content (AvgIpc) is 4.09.